The second-order valence-corrected chi connectivity index (χ2v) is 7.71. The van der Waals surface area contributed by atoms with Gasteiger partial charge in [-0.05, 0) is 46.2 Å². The Bertz CT molecular complexity index is 691. The summed E-state index contributed by atoms with van der Waals surface area (Å²) in [4.78, 5) is 20.1. The van der Waals surface area contributed by atoms with Crippen molar-refractivity contribution in [3.8, 4) is 11.4 Å². The molecule has 0 saturated carbocycles. The average molecular weight is 296 g/mol. The first-order valence-electron chi connectivity index (χ1n) is 7.56. The number of nitrogens with zero attached hydrogens (tertiary/aromatic N) is 2. The molecule has 2 rings (SSSR count). The van der Waals surface area contributed by atoms with E-state index in [1.165, 1.54) is 5.56 Å². The minimum Gasteiger partial charge on any atom is -0.296 e. The number of aromatic nitrogens is 2. The molecule has 3 heteroatoms. The third kappa shape index (κ3) is 3.59. The quantitative estimate of drug-likeness (QED) is 0.763. The summed E-state index contributed by atoms with van der Waals surface area (Å²) in [5.74, 6) is 0. The minimum absolute atomic E-state index is 0.0446. The highest BCUT2D eigenvalue weighted by Gasteiger charge is 2.19. The molecule has 0 bridgehead atoms. The molecular formula is C19H24N2O. The molecule has 2 heterocycles. The summed E-state index contributed by atoms with van der Waals surface area (Å²) in [5.41, 5.74) is 4.30. The lowest BCUT2D eigenvalue weighted by Crippen LogP contribution is -2.13. The van der Waals surface area contributed by atoms with E-state index in [0.29, 0.717) is 5.69 Å². The summed E-state index contributed by atoms with van der Waals surface area (Å²) >= 11 is 0. The minimum atomic E-state index is -0.0446. The van der Waals surface area contributed by atoms with Gasteiger partial charge in [0.15, 0.2) is 6.29 Å². The number of pyridine rings is 2. The molecule has 0 unspecified atom stereocenters. The van der Waals surface area contributed by atoms with E-state index in [1.54, 1.807) is 0 Å². The van der Waals surface area contributed by atoms with Gasteiger partial charge in [-0.3, -0.25) is 9.78 Å². The van der Waals surface area contributed by atoms with Gasteiger partial charge in [0.25, 0.3) is 0 Å². The molecule has 0 atom stereocenters. The normalized spacial score (nSPS) is 12.3. The average Bonchev–Trinajstić information content (AvgIpc) is 2.45. The zero-order valence-corrected chi connectivity index (χ0v) is 14.3. The Hall–Kier alpha value is -2.03. The van der Waals surface area contributed by atoms with Crippen LogP contribution in [-0.2, 0) is 10.8 Å². The lowest BCUT2D eigenvalue weighted by Gasteiger charge is -2.21. The molecule has 0 spiro atoms. The van der Waals surface area contributed by atoms with Gasteiger partial charge in [-0.25, -0.2) is 4.98 Å². The summed E-state index contributed by atoms with van der Waals surface area (Å²) in [5, 5.41) is 0. The molecule has 2 aromatic heterocycles. The Morgan fingerprint density at radius 3 is 2.00 bits per heavy atom. The largest absolute Gasteiger partial charge is 0.296 e. The molecule has 0 aliphatic carbocycles. The van der Waals surface area contributed by atoms with Gasteiger partial charge in [0.05, 0.1) is 11.4 Å². The zero-order valence-electron chi connectivity index (χ0n) is 14.3. The first kappa shape index (κ1) is 16.3. The summed E-state index contributed by atoms with van der Waals surface area (Å²) in [7, 11) is 0. The van der Waals surface area contributed by atoms with Gasteiger partial charge < -0.3 is 0 Å². The number of carbonyl (C=O) groups is 1. The van der Waals surface area contributed by atoms with Gasteiger partial charge in [-0.15, -0.1) is 0 Å². The van der Waals surface area contributed by atoms with Crippen LogP contribution in [0, 0.1) is 0 Å². The molecule has 0 aliphatic rings. The van der Waals surface area contributed by atoms with Crippen molar-refractivity contribution in [2.45, 2.75) is 52.4 Å². The van der Waals surface area contributed by atoms with Crippen molar-refractivity contribution in [2.75, 3.05) is 0 Å². The topological polar surface area (TPSA) is 42.9 Å². The first-order valence-corrected chi connectivity index (χ1v) is 7.56. The van der Waals surface area contributed by atoms with Crippen LogP contribution in [0.15, 0.2) is 30.5 Å². The fourth-order valence-corrected chi connectivity index (χ4v) is 2.21. The van der Waals surface area contributed by atoms with Crippen molar-refractivity contribution >= 4 is 6.29 Å². The highest BCUT2D eigenvalue weighted by Crippen LogP contribution is 2.29. The molecule has 2 aromatic rings. The maximum absolute atomic E-state index is 11.2. The standard InChI is InChI=1S/C19H24N2O/c1-18(2,3)13-7-8-20-16(10-13)17-11-14(19(4,5)6)9-15(12-22)21-17/h7-12H,1-6H3. The Morgan fingerprint density at radius 1 is 0.864 bits per heavy atom. The molecule has 22 heavy (non-hydrogen) atoms. The molecule has 116 valence electrons. The van der Waals surface area contributed by atoms with Crippen molar-refractivity contribution in [2.24, 2.45) is 0 Å². The summed E-state index contributed by atoms with van der Waals surface area (Å²) < 4.78 is 0. The Morgan fingerprint density at radius 2 is 1.45 bits per heavy atom. The second-order valence-electron chi connectivity index (χ2n) is 7.71. The monoisotopic (exact) mass is 296 g/mol. The van der Waals surface area contributed by atoms with Crippen molar-refractivity contribution in [3.05, 3.63) is 47.3 Å². The summed E-state index contributed by atoms with van der Waals surface area (Å²) in [6.07, 6.45) is 2.61. The third-order valence-electron chi connectivity index (χ3n) is 3.72. The predicted octanol–water partition coefficient (Wildman–Crippen LogP) is 4.55. The maximum Gasteiger partial charge on any atom is 0.168 e. The van der Waals surface area contributed by atoms with Crippen molar-refractivity contribution in [3.63, 3.8) is 0 Å². The van der Waals surface area contributed by atoms with E-state index in [2.05, 4.69) is 57.6 Å². The molecule has 0 fully saturated rings. The SMILES string of the molecule is CC(C)(C)c1ccnc(-c2cc(C(C)(C)C)cc(C=O)n2)c1. The van der Waals surface area contributed by atoms with Crippen LogP contribution in [0.3, 0.4) is 0 Å². The second kappa shape index (κ2) is 5.64. The van der Waals surface area contributed by atoms with Crippen LogP contribution >= 0.6 is 0 Å². The molecule has 0 amide bonds. The number of aldehydes is 1. The van der Waals surface area contributed by atoms with E-state index in [9.17, 15) is 4.79 Å². The first-order chi connectivity index (χ1) is 10.1. The van der Waals surface area contributed by atoms with E-state index in [4.69, 9.17) is 0 Å². The van der Waals surface area contributed by atoms with Gasteiger partial charge in [0, 0.05) is 6.20 Å². The van der Waals surface area contributed by atoms with Crippen molar-refractivity contribution < 1.29 is 4.79 Å². The van der Waals surface area contributed by atoms with E-state index in [1.807, 2.05) is 24.4 Å². The maximum atomic E-state index is 11.2. The Balaban J connectivity index is 2.60. The molecular weight excluding hydrogens is 272 g/mol. The van der Waals surface area contributed by atoms with Crippen LogP contribution in [-0.4, -0.2) is 16.3 Å². The molecule has 0 radical (unpaired) electrons. The number of carbonyl (C=O) groups excluding carboxylic acids is 1. The smallest absolute Gasteiger partial charge is 0.168 e. The molecule has 0 aromatic carbocycles. The highest BCUT2D eigenvalue weighted by atomic mass is 16.1. The van der Waals surface area contributed by atoms with Gasteiger partial charge in [-0.1, -0.05) is 41.5 Å². The number of rotatable bonds is 2. The van der Waals surface area contributed by atoms with Crippen LogP contribution in [0.25, 0.3) is 11.4 Å². The highest BCUT2D eigenvalue weighted by molar-refractivity contribution is 5.74. The van der Waals surface area contributed by atoms with Gasteiger partial charge in [0.1, 0.15) is 5.69 Å². The van der Waals surface area contributed by atoms with Gasteiger partial charge in [0.2, 0.25) is 0 Å². The molecule has 0 N–H and O–H groups in total. The van der Waals surface area contributed by atoms with E-state index >= 15 is 0 Å². The predicted molar refractivity (Wildman–Crippen MR) is 90.3 cm³/mol. The molecule has 0 saturated heterocycles. The van der Waals surface area contributed by atoms with Gasteiger partial charge in [-0.2, -0.15) is 0 Å². The Kier molecular flexibility index (Phi) is 4.19. The van der Waals surface area contributed by atoms with Crippen molar-refractivity contribution in [1.82, 2.24) is 9.97 Å². The Labute approximate surface area is 132 Å². The van der Waals surface area contributed by atoms with Crippen LogP contribution in [0.5, 0.6) is 0 Å². The fourth-order valence-electron chi connectivity index (χ4n) is 2.21. The zero-order chi connectivity index (χ0) is 16.5. The lowest BCUT2D eigenvalue weighted by molar-refractivity contribution is 0.111. The number of hydrogen-bond donors (Lipinski definition) is 0. The lowest BCUT2D eigenvalue weighted by atomic mass is 9.85. The van der Waals surface area contributed by atoms with Gasteiger partial charge >= 0.3 is 0 Å². The van der Waals surface area contributed by atoms with Crippen LogP contribution in [0.1, 0.15) is 63.2 Å². The molecule has 0 aliphatic heterocycles. The van der Waals surface area contributed by atoms with Crippen LogP contribution in [0.2, 0.25) is 0 Å². The fraction of sp³-hybridized carbons (Fsp3) is 0.421. The third-order valence-corrected chi connectivity index (χ3v) is 3.72. The summed E-state index contributed by atoms with van der Waals surface area (Å²) in [6.45, 7) is 12.9. The van der Waals surface area contributed by atoms with Crippen molar-refractivity contribution in [1.29, 1.82) is 0 Å². The number of hydrogen-bond acceptors (Lipinski definition) is 3. The van der Waals surface area contributed by atoms with E-state index < -0.39 is 0 Å². The van der Waals surface area contributed by atoms with Crippen LogP contribution in [0.4, 0.5) is 0 Å². The molecule has 3 nitrogen and oxygen atoms in total. The van der Waals surface area contributed by atoms with Crippen LogP contribution < -0.4 is 0 Å². The van der Waals surface area contributed by atoms with E-state index in [0.717, 1.165) is 23.2 Å². The van der Waals surface area contributed by atoms with E-state index in [-0.39, 0.29) is 10.8 Å². The summed E-state index contributed by atoms with van der Waals surface area (Å²) in [6, 6.07) is 7.97.